The lowest BCUT2D eigenvalue weighted by Gasteiger charge is -2.54. The molecule has 2 fully saturated rings. The zero-order chi connectivity index (χ0) is 28.4. The molecule has 0 bridgehead atoms. The summed E-state index contributed by atoms with van der Waals surface area (Å²) in [7, 11) is 1.60. The summed E-state index contributed by atoms with van der Waals surface area (Å²) in [4.78, 5) is 43.4. The first-order valence-electron chi connectivity index (χ1n) is 12.8. The maximum Gasteiger partial charge on any atom is 0.334 e. The summed E-state index contributed by atoms with van der Waals surface area (Å²) in [5.41, 5.74) is 1.61. The SMILES string of the molecule is CN1CC(=O)N2[C@@H](Cc3ccccc3)C(=O)N(Cc3ccc(F)cc3F)C[C@@H]2N1C(=O)NCc1ccc(F)cc1. The second kappa shape index (κ2) is 11.4. The van der Waals surface area contributed by atoms with E-state index in [0.717, 1.165) is 17.7 Å². The standard InChI is InChI=1S/C29H28F3N5O3/c1-34-18-27(38)36-25(13-19-5-3-2-4-6-19)28(39)35(16-21-9-12-23(31)14-24(21)32)17-26(36)37(34)29(40)33-15-20-7-10-22(30)11-8-20/h2-12,14,25-26H,13,15-18H2,1H3,(H,33,40)/t25-,26-/m0/s1. The number of carbonyl (C=O) groups excluding carboxylic acids is 3. The fourth-order valence-electron chi connectivity index (χ4n) is 5.20. The molecule has 8 nitrogen and oxygen atoms in total. The molecule has 0 aromatic heterocycles. The number of hydrogen-bond acceptors (Lipinski definition) is 4. The molecule has 0 radical (unpaired) electrons. The summed E-state index contributed by atoms with van der Waals surface area (Å²) in [5.74, 6) is -2.64. The molecule has 0 aliphatic carbocycles. The Hall–Kier alpha value is -4.38. The van der Waals surface area contributed by atoms with E-state index in [9.17, 15) is 27.6 Å². The van der Waals surface area contributed by atoms with Gasteiger partial charge in [-0.25, -0.2) is 28.0 Å². The highest BCUT2D eigenvalue weighted by atomic mass is 19.1. The molecule has 2 aliphatic heterocycles. The topological polar surface area (TPSA) is 76.2 Å². The van der Waals surface area contributed by atoms with Gasteiger partial charge in [0.05, 0.1) is 13.1 Å². The van der Waals surface area contributed by atoms with Gasteiger partial charge in [0.2, 0.25) is 11.8 Å². The number of carbonyl (C=O) groups is 3. The van der Waals surface area contributed by atoms with Gasteiger partial charge >= 0.3 is 6.03 Å². The van der Waals surface area contributed by atoms with Crippen molar-refractivity contribution in [2.75, 3.05) is 20.1 Å². The zero-order valence-corrected chi connectivity index (χ0v) is 21.8. The maximum absolute atomic E-state index is 14.6. The number of halogens is 3. The normalized spacial score (nSPS) is 19.6. The van der Waals surface area contributed by atoms with Gasteiger partial charge in [0.15, 0.2) is 0 Å². The van der Waals surface area contributed by atoms with Crippen molar-refractivity contribution in [2.24, 2.45) is 0 Å². The van der Waals surface area contributed by atoms with Crippen molar-refractivity contribution in [1.29, 1.82) is 0 Å². The number of hydrogen-bond donors (Lipinski definition) is 1. The first kappa shape index (κ1) is 27.2. The molecule has 2 heterocycles. The van der Waals surface area contributed by atoms with E-state index in [0.29, 0.717) is 5.56 Å². The first-order valence-corrected chi connectivity index (χ1v) is 12.8. The number of likely N-dealkylation sites (N-methyl/N-ethyl adjacent to an activating group) is 1. The largest absolute Gasteiger partial charge is 0.334 e. The molecule has 0 unspecified atom stereocenters. The van der Waals surface area contributed by atoms with Crippen LogP contribution in [0.5, 0.6) is 0 Å². The average molecular weight is 552 g/mol. The highest BCUT2D eigenvalue weighted by Gasteiger charge is 2.50. The van der Waals surface area contributed by atoms with E-state index in [1.165, 1.54) is 38.0 Å². The van der Waals surface area contributed by atoms with E-state index in [-0.39, 0.29) is 44.1 Å². The first-order chi connectivity index (χ1) is 19.2. The highest BCUT2D eigenvalue weighted by molar-refractivity contribution is 5.91. The summed E-state index contributed by atoms with van der Waals surface area (Å²) in [5, 5.41) is 5.66. The number of nitrogens with one attached hydrogen (secondary N) is 1. The fourth-order valence-corrected chi connectivity index (χ4v) is 5.20. The number of rotatable bonds is 6. The van der Waals surface area contributed by atoms with E-state index in [1.54, 1.807) is 19.2 Å². The third-order valence-electron chi connectivity index (χ3n) is 7.15. The Morgan fingerprint density at radius 3 is 2.33 bits per heavy atom. The molecule has 11 heteroatoms. The number of piperazine rings is 1. The van der Waals surface area contributed by atoms with Crippen LogP contribution in [0, 0.1) is 17.5 Å². The number of nitrogens with zero attached hydrogens (tertiary/aromatic N) is 4. The van der Waals surface area contributed by atoms with Gasteiger partial charge in [-0.15, -0.1) is 0 Å². The number of hydrazine groups is 1. The van der Waals surface area contributed by atoms with E-state index < -0.39 is 41.6 Å². The van der Waals surface area contributed by atoms with Gasteiger partial charge in [0, 0.05) is 38.2 Å². The van der Waals surface area contributed by atoms with Crippen LogP contribution in [0.4, 0.5) is 18.0 Å². The van der Waals surface area contributed by atoms with Crippen molar-refractivity contribution >= 4 is 17.8 Å². The Labute approximate surface area is 229 Å². The minimum Gasteiger partial charge on any atom is -0.333 e. The molecule has 5 rings (SSSR count). The molecule has 208 valence electrons. The van der Waals surface area contributed by atoms with E-state index in [4.69, 9.17) is 0 Å². The van der Waals surface area contributed by atoms with Crippen LogP contribution in [0.1, 0.15) is 16.7 Å². The predicted molar refractivity (Wildman–Crippen MR) is 139 cm³/mol. The Kier molecular flexibility index (Phi) is 7.74. The van der Waals surface area contributed by atoms with Crippen LogP contribution in [-0.2, 0) is 29.1 Å². The number of urea groups is 1. The smallest absolute Gasteiger partial charge is 0.333 e. The molecule has 2 atom stereocenters. The van der Waals surface area contributed by atoms with Gasteiger partial charge in [-0.05, 0) is 29.3 Å². The summed E-state index contributed by atoms with van der Waals surface area (Å²) < 4.78 is 41.4. The summed E-state index contributed by atoms with van der Waals surface area (Å²) >= 11 is 0. The van der Waals surface area contributed by atoms with Crippen molar-refractivity contribution in [3.63, 3.8) is 0 Å². The van der Waals surface area contributed by atoms with Crippen LogP contribution in [0.3, 0.4) is 0 Å². The van der Waals surface area contributed by atoms with E-state index in [2.05, 4.69) is 5.32 Å². The van der Waals surface area contributed by atoms with Gasteiger partial charge in [-0.2, -0.15) is 0 Å². The molecular formula is C29H28F3N5O3. The maximum atomic E-state index is 14.6. The lowest BCUT2D eigenvalue weighted by molar-refractivity contribution is -0.187. The van der Waals surface area contributed by atoms with Crippen LogP contribution in [0.2, 0.25) is 0 Å². The second-order valence-electron chi connectivity index (χ2n) is 9.89. The molecule has 2 aliphatic rings. The lowest BCUT2D eigenvalue weighted by Crippen LogP contribution is -2.76. The Balaban J connectivity index is 1.45. The Morgan fingerprint density at radius 2 is 1.62 bits per heavy atom. The highest BCUT2D eigenvalue weighted by Crippen LogP contribution is 2.29. The van der Waals surface area contributed by atoms with Gasteiger partial charge in [-0.3, -0.25) is 9.59 Å². The number of fused-ring (bicyclic) bond motifs is 1. The average Bonchev–Trinajstić information content (AvgIpc) is 2.92. The third kappa shape index (κ3) is 5.64. The molecule has 2 saturated heterocycles. The predicted octanol–water partition coefficient (Wildman–Crippen LogP) is 3.28. The van der Waals surface area contributed by atoms with Crippen LogP contribution >= 0.6 is 0 Å². The van der Waals surface area contributed by atoms with Gasteiger partial charge < -0.3 is 15.1 Å². The summed E-state index contributed by atoms with van der Waals surface area (Å²) in [6.07, 6.45) is -0.687. The van der Waals surface area contributed by atoms with E-state index >= 15 is 0 Å². The van der Waals surface area contributed by atoms with Crippen molar-refractivity contribution in [3.8, 4) is 0 Å². The van der Waals surface area contributed by atoms with Gasteiger partial charge in [0.1, 0.15) is 29.7 Å². The minimum absolute atomic E-state index is 0.0824. The molecular weight excluding hydrogens is 523 g/mol. The van der Waals surface area contributed by atoms with Crippen molar-refractivity contribution < 1.29 is 27.6 Å². The summed E-state index contributed by atoms with van der Waals surface area (Å²) in [6, 6.07) is 16.6. The number of benzene rings is 3. The van der Waals surface area contributed by atoms with Crippen LogP contribution in [0.25, 0.3) is 0 Å². The van der Waals surface area contributed by atoms with Crippen molar-refractivity contribution in [1.82, 2.24) is 25.1 Å². The van der Waals surface area contributed by atoms with Crippen LogP contribution < -0.4 is 5.32 Å². The van der Waals surface area contributed by atoms with Gasteiger partial charge in [-0.1, -0.05) is 48.5 Å². The molecule has 0 saturated carbocycles. The van der Waals surface area contributed by atoms with Gasteiger partial charge in [0.25, 0.3) is 0 Å². The zero-order valence-electron chi connectivity index (χ0n) is 21.8. The van der Waals surface area contributed by atoms with Crippen molar-refractivity contribution in [2.45, 2.75) is 31.7 Å². The minimum atomic E-state index is -0.946. The monoisotopic (exact) mass is 551 g/mol. The fraction of sp³-hybridized carbons (Fsp3) is 0.276. The molecule has 4 amide bonds. The molecule has 3 aromatic carbocycles. The van der Waals surface area contributed by atoms with Crippen molar-refractivity contribution in [3.05, 3.63) is 107 Å². The Morgan fingerprint density at radius 1 is 0.925 bits per heavy atom. The van der Waals surface area contributed by atoms with Crippen LogP contribution in [0.15, 0.2) is 72.8 Å². The molecule has 0 spiro atoms. The van der Waals surface area contributed by atoms with E-state index in [1.807, 2.05) is 30.3 Å². The molecule has 1 N–H and O–H groups in total. The lowest BCUT2D eigenvalue weighted by atomic mass is 9.98. The van der Waals surface area contributed by atoms with Crippen LogP contribution in [-0.4, -0.2) is 70.0 Å². The Bertz CT molecular complexity index is 1410. The molecule has 3 aromatic rings. The number of amides is 4. The quantitative estimate of drug-likeness (QED) is 0.511. The second-order valence-corrected chi connectivity index (χ2v) is 9.89. The summed E-state index contributed by atoms with van der Waals surface area (Å²) in [6.45, 7) is -0.267. The third-order valence-corrected chi connectivity index (χ3v) is 7.15. The molecule has 40 heavy (non-hydrogen) atoms.